The van der Waals surface area contributed by atoms with Crippen molar-refractivity contribution in [3.05, 3.63) is 59.8 Å². The van der Waals surface area contributed by atoms with Crippen LogP contribution in [-0.2, 0) is 11.2 Å². The van der Waals surface area contributed by atoms with E-state index in [2.05, 4.69) is 22.4 Å². The predicted octanol–water partition coefficient (Wildman–Crippen LogP) is 2.30. The minimum Gasteiger partial charge on any atom is -0.481 e. The monoisotopic (exact) mass is 282 g/mol. The number of aromatic nitrogens is 1. The van der Waals surface area contributed by atoms with Crippen molar-refractivity contribution in [2.45, 2.75) is 24.8 Å². The smallest absolute Gasteiger partial charge is 0.220 e. The Morgan fingerprint density at radius 3 is 2.76 bits per heavy atom. The number of methoxy groups -OCH3 is 1. The third-order valence-electron chi connectivity index (χ3n) is 3.87. The number of pyridine rings is 1. The van der Waals surface area contributed by atoms with Crippen LogP contribution in [0.1, 0.15) is 23.6 Å². The minimum absolute atomic E-state index is 0.0829. The van der Waals surface area contributed by atoms with E-state index in [1.807, 2.05) is 36.4 Å². The number of nitrogens with one attached hydrogen (secondary N) is 1. The van der Waals surface area contributed by atoms with Crippen molar-refractivity contribution in [2.75, 3.05) is 7.11 Å². The molecule has 1 fully saturated rings. The lowest BCUT2D eigenvalue weighted by Crippen LogP contribution is -2.30. The summed E-state index contributed by atoms with van der Waals surface area (Å²) in [7, 11) is 1.60. The Hall–Kier alpha value is -2.36. The number of hydrogen-bond donors (Lipinski definition) is 1. The zero-order valence-corrected chi connectivity index (χ0v) is 12.0. The second-order valence-corrected chi connectivity index (χ2v) is 5.28. The predicted molar refractivity (Wildman–Crippen MR) is 80.2 cm³/mol. The van der Waals surface area contributed by atoms with Crippen LogP contribution in [0.3, 0.4) is 0 Å². The number of ether oxygens (including phenoxy) is 1. The second-order valence-electron chi connectivity index (χ2n) is 5.28. The van der Waals surface area contributed by atoms with Gasteiger partial charge < -0.3 is 10.1 Å². The van der Waals surface area contributed by atoms with E-state index in [1.165, 1.54) is 5.56 Å². The molecule has 21 heavy (non-hydrogen) atoms. The number of hydrogen-bond acceptors (Lipinski definition) is 3. The fourth-order valence-corrected chi connectivity index (χ4v) is 2.83. The molecule has 1 aromatic heterocycles. The average Bonchev–Trinajstić information content (AvgIpc) is 2.89. The molecule has 1 N–H and O–H groups in total. The van der Waals surface area contributed by atoms with Gasteiger partial charge in [-0.25, -0.2) is 4.98 Å². The Morgan fingerprint density at radius 1 is 1.19 bits per heavy atom. The fraction of sp³-hybridized carbons (Fsp3) is 0.294. The van der Waals surface area contributed by atoms with E-state index < -0.39 is 0 Å². The molecule has 0 saturated carbocycles. The third-order valence-corrected chi connectivity index (χ3v) is 3.87. The first-order chi connectivity index (χ1) is 10.3. The van der Waals surface area contributed by atoms with Gasteiger partial charge in [0.25, 0.3) is 0 Å². The van der Waals surface area contributed by atoms with Crippen molar-refractivity contribution in [1.82, 2.24) is 10.3 Å². The van der Waals surface area contributed by atoms with Crippen molar-refractivity contribution in [3.8, 4) is 5.88 Å². The van der Waals surface area contributed by atoms with Crippen molar-refractivity contribution in [1.29, 1.82) is 0 Å². The summed E-state index contributed by atoms with van der Waals surface area (Å²) in [6.45, 7) is 0. The van der Waals surface area contributed by atoms with E-state index in [1.54, 1.807) is 7.11 Å². The van der Waals surface area contributed by atoms with E-state index >= 15 is 0 Å². The largest absolute Gasteiger partial charge is 0.481 e. The van der Waals surface area contributed by atoms with Gasteiger partial charge in [0.15, 0.2) is 0 Å². The maximum Gasteiger partial charge on any atom is 0.220 e. The summed E-state index contributed by atoms with van der Waals surface area (Å²) >= 11 is 0. The summed E-state index contributed by atoms with van der Waals surface area (Å²) < 4.78 is 5.18. The van der Waals surface area contributed by atoms with Gasteiger partial charge in [-0.2, -0.15) is 0 Å². The normalized spacial score (nSPS) is 21.1. The Morgan fingerprint density at radius 2 is 2.00 bits per heavy atom. The van der Waals surface area contributed by atoms with Crippen LogP contribution in [0.2, 0.25) is 0 Å². The maximum absolute atomic E-state index is 11.8. The standard InChI is InChI=1S/C17H18N2O2/c1-21-17-9-5-8-14(19-17)13-11-16(20)18-15(13)10-12-6-3-2-4-7-12/h2-9,13,15H,10-11H2,1H3,(H,18,20). The third kappa shape index (κ3) is 3.05. The molecule has 0 spiro atoms. The summed E-state index contributed by atoms with van der Waals surface area (Å²) in [5.41, 5.74) is 2.13. The first kappa shape index (κ1) is 13.6. The Kier molecular flexibility index (Phi) is 3.86. The van der Waals surface area contributed by atoms with Gasteiger partial charge in [0, 0.05) is 24.4 Å². The summed E-state index contributed by atoms with van der Waals surface area (Å²) in [5.74, 6) is 0.767. The SMILES string of the molecule is COc1cccc(C2CC(=O)NC2Cc2ccccc2)n1. The first-order valence-corrected chi connectivity index (χ1v) is 7.10. The highest BCUT2D eigenvalue weighted by atomic mass is 16.5. The van der Waals surface area contributed by atoms with Gasteiger partial charge in [0.05, 0.1) is 12.8 Å². The summed E-state index contributed by atoms with van der Waals surface area (Å²) in [4.78, 5) is 16.3. The summed E-state index contributed by atoms with van der Waals surface area (Å²) in [6, 6.07) is 16.0. The highest BCUT2D eigenvalue weighted by Gasteiger charge is 2.34. The number of benzene rings is 1. The minimum atomic E-state index is 0.0829. The molecule has 0 aliphatic carbocycles. The van der Waals surface area contributed by atoms with Gasteiger partial charge in [0.2, 0.25) is 11.8 Å². The van der Waals surface area contributed by atoms with Crippen LogP contribution in [-0.4, -0.2) is 24.0 Å². The summed E-state index contributed by atoms with van der Waals surface area (Å²) in [5, 5.41) is 3.07. The van der Waals surface area contributed by atoms with Crippen molar-refractivity contribution >= 4 is 5.91 Å². The molecular weight excluding hydrogens is 264 g/mol. The van der Waals surface area contributed by atoms with Crippen LogP contribution < -0.4 is 10.1 Å². The number of carbonyl (C=O) groups excluding carboxylic acids is 1. The average molecular weight is 282 g/mol. The molecule has 108 valence electrons. The van der Waals surface area contributed by atoms with Crippen LogP contribution in [0.15, 0.2) is 48.5 Å². The molecule has 2 aromatic rings. The molecule has 3 rings (SSSR count). The molecule has 2 unspecified atom stereocenters. The lowest BCUT2D eigenvalue weighted by molar-refractivity contribution is -0.119. The maximum atomic E-state index is 11.8. The van der Waals surface area contributed by atoms with Crippen LogP contribution in [0.25, 0.3) is 0 Å². The quantitative estimate of drug-likeness (QED) is 0.936. The van der Waals surface area contributed by atoms with Gasteiger partial charge in [-0.3, -0.25) is 4.79 Å². The highest BCUT2D eigenvalue weighted by Crippen LogP contribution is 2.30. The second kappa shape index (κ2) is 5.95. The van der Waals surface area contributed by atoms with E-state index in [4.69, 9.17) is 4.74 Å². The van der Waals surface area contributed by atoms with Crippen LogP contribution in [0.4, 0.5) is 0 Å². The van der Waals surface area contributed by atoms with Crippen LogP contribution >= 0.6 is 0 Å². The zero-order chi connectivity index (χ0) is 14.7. The molecule has 1 amide bonds. The van der Waals surface area contributed by atoms with E-state index in [0.717, 1.165) is 12.1 Å². The number of rotatable bonds is 4. The zero-order valence-electron chi connectivity index (χ0n) is 12.0. The molecule has 0 bridgehead atoms. The summed E-state index contributed by atoms with van der Waals surface area (Å²) in [6.07, 6.45) is 1.30. The Bertz CT molecular complexity index is 628. The highest BCUT2D eigenvalue weighted by molar-refractivity contribution is 5.80. The Balaban J connectivity index is 1.83. The van der Waals surface area contributed by atoms with E-state index in [-0.39, 0.29) is 17.9 Å². The van der Waals surface area contributed by atoms with Crippen LogP contribution in [0, 0.1) is 0 Å². The molecule has 1 aromatic carbocycles. The molecule has 0 radical (unpaired) electrons. The Labute approximate surface area is 124 Å². The van der Waals surface area contributed by atoms with Crippen LogP contribution in [0.5, 0.6) is 5.88 Å². The molecule has 1 aliphatic heterocycles. The molecular formula is C17H18N2O2. The van der Waals surface area contributed by atoms with Gasteiger partial charge in [-0.15, -0.1) is 0 Å². The van der Waals surface area contributed by atoms with Gasteiger partial charge in [-0.05, 0) is 18.1 Å². The first-order valence-electron chi connectivity index (χ1n) is 7.10. The molecule has 2 heterocycles. The molecule has 4 heteroatoms. The number of carbonyl (C=O) groups is 1. The van der Waals surface area contributed by atoms with Gasteiger partial charge in [0.1, 0.15) is 0 Å². The van der Waals surface area contributed by atoms with Gasteiger partial charge in [-0.1, -0.05) is 36.4 Å². The fourth-order valence-electron chi connectivity index (χ4n) is 2.83. The number of amides is 1. The topological polar surface area (TPSA) is 51.2 Å². The molecule has 1 saturated heterocycles. The van der Waals surface area contributed by atoms with Crippen molar-refractivity contribution < 1.29 is 9.53 Å². The van der Waals surface area contributed by atoms with E-state index in [0.29, 0.717) is 12.3 Å². The van der Waals surface area contributed by atoms with Crippen molar-refractivity contribution in [3.63, 3.8) is 0 Å². The number of nitrogens with zero attached hydrogens (tertiary/aromatic N) is 1. The van der Waals surface area contributed by atoms with Crippen molar-refractivity contribution in [2.24, 2.45) is 0 Å². The lowest BCUT2D eigenvalue weighted by Gasteiger charge is -2.19. The molecule has 1 aliphatic rings. The van der Waals surface area contributed by atoms with E-state index in [9.17, 15) is 4.79 Å². The molecule has 4 nitrogen and oxygen atoms in total. The molecule has 2 atom stereocenters. The van der Waals surface area contributed by atoms with Gasteiger partial charge >= 0.3 is 0 Å². The lowest BCUT2D eigenvalue weighted by atomic mass is 9.91.